The van der Waals surface area contributed by atoms with Crippen LogP contribution in [-0.4, -0.2) is 27.4 Å². The summed E-state index contributed by atoms with van der Waals surface area (Å²) in [5.74, 6) is 2.06. The highest BCUT2D eigenvalue weighted by molar-refractivity contribution is 6.32. The molecule has 2 aromatic rings. The number of para-hydroxylation sites is 1. The number of benzene rings is 2. The van der Waals surface area contributed by atoms with Crippen LogP contribution in [0.4, 0.5) is 0 Å². The van der Waals surface area contributed by atoms with Crippen LogP contribution in [0.5, 0.6) is 17.2 Å². The van der Waals surface area contributed by atoms with Crippen molar-refractivity contribution in [2.75, 3.05) is 27.4 Å². The van der Waals surface area contributed by atoms with E-state index < -0.39 is 0 Å². The molecule has 0 radical (unpaired) electrons. The van der Waals surface area contributed by atoms with Crippen molar-refractivity contribution in [2.45, 2.75) is 6.54 Å². The fourth-order valence-corrected chi connectivity index (χ4v) is 2.37. The highest BCUT2D eigenvalue weighted by Crippen LogP contribution is 2.35. The lowest BCUT2D eigenvalue weighted by Gasteiger charge is -2.12. The fraction of sp³-hybridized carbons (Fsp3) is 0.294. The molecule has 0 bridgehead atoms. The first kappa shape index (κ1) is 16.5. The van der Waals surface area contributed by atoms with E-state index in [2.05, 4.69) is 5.32 Å². The fourth-order valence-electron chi connectivity index (χ4n) is 2.06. The maximum Gasteiger partial charge on any atom is 0.179 e. The van der Waals surface area contributed by atoms with E-state index in [9.17, 15) is 0 Å². The van der Waals surface area contributed by atoms with Crippen molar-refractivity contribution < 1.29 is 14.2 Å². The van der Waals surface area contributed by atoms with Gasteiger partial charge in [-0.2, -0.15) is 0 Å². The van der Waals surface area contributed by atoms with Crippen LogP contribution in [0.2, 0.25) is 5.02 Å². The Balaban J connectivity index is 1.81. The Kier molecular flexibility index (Phi) is 6.37. The molecule has 0 aliphatic rings. The number of ether oxygens (including phenoxy) is 3. The zero-order chi connectivity index (χ0) is 15.8. The first-order valence-electron chi connectivity index (χ1n) is 7.03. The molecule has 0 fully saturated rings. The third-order valence-electron chi connectivity index (χ3n) is 3.11. The molecule has 1 N–H and O–H groups in total. The van der Waals surface area contributed by atoms with Crippen molar-refractivity contribution in [2.24, 2.45) is 0 Å². The van der Waals surface area contributed by atoms with Gasteiger partial charge in [0.15, 0.2) is 11.5 Å². The molecule has 0 atom stereocenters. The lowest BCUT2D eigenvalue weighted by molar-refractivity contribution is 0.313. The zero-order valence-electron chi connectivity index (χ0n) is 12.8. The van der Waals surface area contributed by atoms with Gasteiger partial charge < -0.3 is 19.5 Å². The highest BCUT2D eigenvalue weighted by atomic mass is 35.5. The summed E-state index contributed by atoms with van der Waals surface area (Å²) in [6.07, 6.45) is 0. The second-order valence-corrected chi connectivity index (χ2v) is 5.06. The van der Waals surface area contributed by atoms with E-state index in [1.54, 1.807) is 14.2 Å². The lowest BCUT2D eigenvalue weighted by Crippen LogP contribution is -2.20. The Bertz CT molecular complexity index is 590. The minimum absolute atomic E-state index is 0.541. The summed E-state index contributed by atoms with van der Waals surface area (Å²) in [7, 11) is 3.17. The monoisotopic (exact) mass is 321 g/mol. The first-order valence-corrected chi connectivity index (χ1v) is 7.41. The maximum absolute atomic E-state index is 6.18. The number of hydrogen-bond donors (Lipinski definition) is 1. The Morgan fingerprint density at radius 2 is 1.82 bits per heavy atom. The van der Waals surface area contributed by atoms with Gasteiger partial charge in [-0.25, -0.2) is 0 Å². The molecule has 0 saturated heterocycles. The Labute approximate surface area is 136 Å². The molecule has 0 heterocycles. The molecule has 2 rings (SSSR count). The van der Waals surface area contributed by atoms with E-state index in [0.717, 1.165) is 17.9 Å². The van der Waals surface area contributed by atoms with Gasteiger partial charge in [-0.1, -0.05) is 29.8 Å². The third kappa shape index (κ3) is 4.55. The number of rotatable bonds is 8. The number of nitrogens with one attached hydrogen (secondary N) is 1. The van der Waals surface area contributed by atoms with Crippen LogP contribution in [0.15, 0.2) is 42.5 Å². The average Bonchev–Trinajstić information content (AvgIpc) is 2.55. The van der Waals surface area contributed by atoms with Gasteiger partial charge in [0, 0.05) is 13.1 Å². The van der Waals surface area contributed by atoms with Crippen molar-refractivity contribution in [3.05, 3.63) is 53.1 Å². The molecular weight excluding hydrogens is 302 g/mol. The zero-order valence-corrected chi connectivity index (χ0v) is 13.5. The molecular formula is C17H20ClNO3. The van der Waals surface area contributed by atoms with Gasteiger partial charge in [-0.05, 0) is 29.8 Å². The molecule has 0 aliphatic carbocycles. The molecule has 0 unspecified atom stereocenters. The van der Waals surface area contributed by atoms with E-state index >= 15 is 0 Å². The van der Waals surface area contributed by atoms with Gasteiger partial charge in [0.1, 0.15) is 12.4 Å². The molecule has 0 saturated carbocycles. The second kappa shape index (κ2) is 8.51. The van der Waals surface area contributed by atoms with Crippen LogP contribution >= 0.6 is 11.6 Å². The van der Waals surface area contributed by atoms with Crippen molar-refractivity contribution in [1.29, 1.82) is 0 Å². The van der Waals surface area contributed by atoms with Crippen molar-refractivity contribution >= 4 is 11.6 Å². The maximum atomic E-state index is 6.18. The molecule has 4 nitrogen and oxygen atoms in total. The summed E-state index contributed by atoms with van der Waals surface area (Å²) in [6, 6.07) is 13.5. The molecule has 0 aliphatic heterocycles. The van der Waals surface area contributed by atoms with E-state index in [1.165, 1.54) is 0 Å². The number of hydrogen-bond acceptors (Lipinski definition) is 4. The summed E-state index contributed by atoms with van der Waals surface area (Å²) in [5.41, 5.74) is 1.03. The summed E-state index contributed by atoms with van der Waals surface area (Å²) < 4.78 is 16.1. The Morgan fingerprint density at radius 3 is 2.50 bits per heavy atom. The van der Waals surface area contributed by atoms with Gasteiger partial charge in [0.2, 0.25) is 0 Å². The molecule has 2 aromatic carbocycles. The third-order valence-corrected chi connectivity index (χ3v) is 3.39. The lowest BCUT2D eigenvalue weighted by atomic mass is 10.2. The van der Waals surface area contributed by atoms with Gasteiger partial charge in [0.25, 0.3) is 0 Å². The number of methoxy groups -OCH3 is 2. The summed E-state index contributed by atoms with van der Waals surface area (Å²) in [6.45, 7) is 2.02. The van der Waals surface area contributed by atoms with Gasteiger partial charge >= 0.3 is 0 Å². The van der Waals surface area contributed by atoms with Crippen LogP contribution in [-0.2, 0) is 6.54 Å². The number of halogens is 1. The molecule has 5 heteroatoms. The van der Waals surface area contributed by atoms with Gasteiger partial charge in [0.05, 0.1) is 19.2 Å². The normalized spacial score (nSPS) is 10.3. The Hall–Kier alpha value is -1.91. The first-order chi connectivity index (χ1) is 10.7. The summed E-state index contributed by atoms with van der Waals surface area (Å²) in [4.78, 5) is 0. The highest BCUT2D eigenvalue weighted by Gasteiger charge is 2.10. The van der Waals surface area contributed by atoms with E-state index in [4.69, 9.17) is 25.8 Å². The molecule has 0 aromatic heterocycles. The quantitative estimate of drug-likeness (QED) is 0.755. The predicted molar refractivity (Wildman–Crippen MR) is 88.2 cm³/mol. The standard InChI is InChI=1S/C17H20ClNO3/c1-20-16-11-13(10-15(18)17(16)21-2)12-19-8-9-22-14-6-4-3-5-7-14/h3-7,10-11,19H,8-9,12H2,1-2H3. The van der Waals surface area contributed by atoms with Crippen molar-refractivity contribution in [1.82, 2.24) is 5.32 Å². The van der Waals surface area contributed by atoms with Crippen LogP contribution in [0.3, 0.4) is 0 Å². The Morgan fingerprint density at radius 1 is 1.05 bits per heavy atom. The predicted octanol–water partition coefficient (Wildman–Crippen LogP) is 3.53. The van der Waals surface area contributed by atoms with Crippen LogP contribution in [0.25, 0.3) is 0 Å². The van der Waals surface area contributed by atoms with E-state index in [1.807, 2.05) is 42.5 Å². The van der Waals surface area contributed by atoms with Crippen molar-refractivity contribution in [3.63, 3.8) is 0 Å². The second-order valence-electron chi connectivity index (χ2n) is 4.65. The van der Waals surface area contributed by atoms with Gasteiger partial charge in [-0.3, -0.25) is 0 Å². The topological polar surface area (TPSA) is 39.7 Å². The average molecular weight is 322 g/mol. The van der Waals surface area contributed by atoms with Crippen LogP contribution in [0, 0.1) is 0 Å². The molecule has 118 valence electrons. The van der Waals surface area contributed by atoms with Crippen molar-refractivity contribution in [3.8, 4) is 17.2 Å². The summed E-state index contributed by atoms with van der Waals surface area (Å²) in [5, 5.41) is 3.85. The van der Waals surface area contributed by atoms with Gasteiger partial charge in [-0.15, -0.1) is 0 Å². The van der Waals surface area contributed by atoms with Crippen LogP contribution in [0.1, 0.15) is 5.56 Å². The van der Waals surface area contributed by atoms with E-state index in [0.29, 0.717) is 29.7 Å². The van der Waals surface area contributed by atoms with Crippen LogP contribution < -0.4 is 19.5 Å². The van der Waals surface area contributed by atoms with E-state index in [-0.39, 0.29) is 0 Å². The minimum atomic E-state index is 0.541. The molecule has 0 amide bonds. The summed E-state index contributed by atoms with van der Waals surface area (Å²) >= 11 is 6.18. The molecule has 0 spiro atoms. The largest absolute Gasteiger partial charge is 0.493 e. The smallest absolute Gasteiger partial charge is 0.179 e. The minimum Gasteiger partial charge on any atom is -0.493 e. The molecule has 22 heavy (non-hydrogen) atoms. The SMILES string of the molecule is COc1cc(CNCCOc2ccccc2)cc(Cl)c1OC.